The highest BCUT2D eigenvalue weighted by Gasteiger charge is 2.12. The lowest BCUT2D eigenvalue weighted by molar-refractivity contribution is 0.315. The standard InChI is InChI=1S/C15H23NOS/c1-5-6-17-14-8-10(2)13(7-12(14)4)11(3)9-15(16)18/h7-8,11H,5-6,9H2,1-4H3,(H2,16,18). The van der Waals surface area contributed by atoms with Crippen molar-refractivity contribution >= 4 is 17.2 Å². The molecule has 18 heavy (non-hydrogen) atoms. The van der Waals surface area contributed by atoms with E-state index < -0.39 is 0 Å². The summed E-state index contributed by atoms with van der Waals surface area (Å²) in [7, 11) is 0. The molecule has 0 spiro atoms. The lowest BCUT2D eigenvalue weighted by atomic mass is 9.92. The van der Waals surface area contributed by atoms with E-state index in [0.717, 1.165) is 25.2 Å². The molecule has 0 fully saturated rings. The van der Waals surface area contributed by atoms with Crippen LogP contribution in [-0.4, -0.2) is 11.6 Å². The lowest BCUT2D eigenvalue weighted by Gasteiger charge is -2.17. The summed E-state index contributed by atoms with van der Waals surface area (Å²) in [6.45, 7) is 9.24. The zero-order valence-corrected chi connectivity index (χ0v) is 12.6. The van der Waals surface area contributed by atoms with Gasteiger partial charge in [-0.15, -0.1) is 0 Å². The minimum absolute atomic E-state index is 0.362. The van der Waals surface area contributed by atoms with Crippen molar-refractivity contribution in [1.82, 2.24) is 0 Å². The molecule has 1 rings (SSSR count). The van der Waals surface area contributed by atoms with Crippen LogP contribution in [0.2, 0.25) is 0 Å². The van der Waals surface area contributed by atoms with Crippen LogP contribution in [0, 0.1) is 13.8 Å². The van der Waals surface area contributed by atoms with Gasteiger partial charge in [0.1, 0.15) is 5.75 Å². The molecule has 1 aromatic carbocycles. The molecular formula is C15H23NOS. The summed E-state index contributed by atoms with van der Waals surface area (Å²) in [4.78, 5) is 0.575. The SMILES string of the molecule is CCCOc1cc(C)c(C(C)CC(N)=S)cc1C. The van der Waals surface area contributed by atoms with Gasteiger partial charge in [-0.2, -0.15) is 0 Å². The second kappa shape index (κ2) is 6.74. The van der Waals surface area contributed by atoms with Gasteiger partial charge < -0.3 is 10.5 Å². The van der Waals surface area contributed by atoms with E-state index in [1.807, 2.05) is 0 Å². The van der Waals surface area contributed by atoms with Gasteiger partial charge in [0.2, 0.25) is 0 Å². The van der Waals surface area contributed by atoms with Crippen LogP contribution in [-0.2, 0) is 0 Å². The Morgan fingerprint density at radius 1 is 1.33 bits per heavy atom. The van der Waals surface area contributed by atoms with Crippen molar-refractivity contribution < 1.29 is 4.74 Å². The number of hydrogen-bond donors (Lipinski definition) is 1. The topological polar surface area (TPSA) is 35.2 Å². The number of hydrogen-bond acceptors (Lipinski definition) is 2. The van der Waals surface area contributed by atoms with E-state index in [4.69, 9.17) is 22.7 Å². The molecule has 2 nitrogen and oxygen atoms in total. The average Bonchev–Trinajstić information content (AvgIpc) is 2.28. The first-order valence-corrected chi connectivity index (χ1v) is 6.88. The fraction of sp³-hybridized carbons (Fsp3) is 0.533. The van der Waals surface area contributed by atoms with Crippen molar-refractivity contribution in [3.05, 3.63) is 28.8 Å². The van der Waals surface area contributed by atoms with Crippen molar-refractivity contribution in [2.24, 2.45) is 5.73 Å². The molecule has 0 aliphatic rings. The molecule has 0 saturated heterocycles. The second-order valence-corrected chi connectivity index (χ2v) is 5.42. The quantitative estimate of drug-likeness (QED) is 0.793. The summed E-state index contributed by atoms with van der Waals surface area (Å²) in [5, 5.41) is 0. The van der Waals surface area contributed by atoms with Gasteiger partial charge in [-0.25, -0.2) is 0 Å². The molecule has 0 aliphatic carbocycles. The van der Waals surface area contributed by atoms with E-state index >= 15 is 0 Å². The highest BCUT2D eigenvalue weighted by atomic mass is 32.1. The molecule has 100 valence electrons. The molecular weight excluding hydrogens is 242 g/mol. The minimum atomic E-state index is 0.362. The van der Waals surface area contributed by atoms with Gasteiger partial charge in [-0.1, -0.05) is 32.1 Å². The van der Waals surface area contributed by atoms with Gasteiger partial charge in [0, 0.05) is 6.42 Å². The fourth-order valence-corrected chi connectivity index (χ4v) is 2.37. The lowest BCUT2D eigenvalue weighted by Crippen LogP contribution is -2.12. The van der Waals surface area contributed by atoms with E-state index in [2.05, 4.69) is 39.8 Å². The molecule has 1 unspecified atom stereocenters. The van der Waals surface area contributed by atoms with Crippen LogP contribution in [0.1, 0.15) is 49.3 Å². The highest BCUT2D eigenvalue weighted by molar-refractivity contribution is 7.80. The van der Waals surface area contributed by atoms with E-state index in [1.54, 1.807) is 0 Å². The van der Waals surface area contributed by atoms with Crippen LogP contribution in [0.5, 0.6) is 5.75 Å². The molecule has 0 radical (unpaired) electrons. The van der Waals surface area contributed by atoms with Crippen molar-refractivity contribution in [2.75, 3.05) is 6.61 Å². The monoisotopic (exact) mass is 265 g/mol. The zero-order chi connectivity index (χ0) is 13.7. The maximum absolute atomic E-state index is 5.73. The minimum Gasteiger partial charge on any atom is -0.493 e. The molecule has 0 bridgehead atoms. The smallest absolute Gasteiger partial charge is 0.122 e. The Morgan fingerprint density at radius 2 is 2.00 bits per heavy atom. The number of thiocarbonyl (C=S) groups is 1. The number of benzene rings is 1. The Bertz CT molecular complexity index is 429. The Hall–Kier alpha value is -1.09. The molecule has 3 heteroatoms. The molecule has 1 aromatic rings. The Labute approximate surface area is 116 Å². The van der Waals surface area contributed by atoms with Gasteiger partial charge >= 0.3 is 0 Å². The van der Waals surface area contributed by atoms with Crippen LogP contribution in [0.15, 0.2) is 12.1 Å². The number of rotatable bonds is 6. The summed E-state index contributed by atoms with van der Waals surface area (Å²) in [5.41, 5.74) is 9.36. The first-order chi connectivity index (χ1) is 8.45. The third kappa shape index (κ3) is 3.98. The Balaban J connectivity index is 2.95. The fourth-order valence-electron chi connectivity index (χ4n) is 2.12. The van der Waals surface area contributed by atoms with Gasteiger partial charge in [0.15, 0.2) is 0 Å². The molecule has 1 atom stereocenters. The van der Waals surface area contributed by atoms with Crippen LogP contribution in [0.4, 0.5) is 0 Å². The third-order valence-electron chi connectivity index (χ3n) is 3.06. The summed E-state index contributed by atoms with van der Waals surface area (Å²) >= 11 is 4.98. The van der Waals surface area contributed by atoms with Crippen LogP contribution in [0.25, 0.3) is 0 Å². The van der Waals surface area contributed by atoms with E-state index in [1.165, 1.54) is 16.7 Å². The summed E-state index contributed by atoms with van der Waals surface area (Å²) in [6.07, 6.45) is 1.78. The van der Waals surface area contributed by atoms with E-state index in [-0.39, 0.29) is 0 Å². The number of ether oxygens (including phenoxy) is 1. The summed E-state index contributed by atoms with van der Waals surface area (Å²) in [6, 6.07) is 4.32. The third-order valence-corrected chi connectivity index (χ3v) is 3.23. The zero-order valence-electron chi connectivity index (χ0n) is 11.7. The van der Waals surface area contributed by atoms with Crippen LogP contribution < -0.4 is 10.5 Å². The Morgan fingerprint density at radius 3 is 2.56 bits per heavy atom. The van der Waals surface area contributed by atoms with Gasteiger partial charge in [0.25, 0.3) is 0 Å². The molecule has 0 saturated carbocycles. The normalized spacial score (nSPS) is 12.2. The maximum atomic E-state index is 5.73. The van der Waals surface area contributed by atoms with Crippen molar-refractivity contribution in [3.63, 3.8) is 0 Å². The van der Waals surface area contributed by atoms with Crippen molar-refractivity contribution in [1.29, 1.82) is 0 Å². The van der Waals surface area contributed by atoms with Crippen molar-refractivity contribution in [3.8, 4) is 5.75 Å². The molecule has 0 aromatic heterocycles. The molecule has 2 N–H and O–H groups in total. The predicted octanol–water partition coefficient (Wildman–Crippen LogP) is 3.87. The predicted molar refractivity (Wildman–Crippen MR) is 81.5 cm³/mol. The second-order valence-electron chi connectivity index (χ2n) is 4.89. The number of aryl methyl sites for hydroxylation is 2. The summed E-state index contributed by atoms with van der Waals surface area (Å²) < 4.78 is 5.73. The molecule has 0 heterocycles. The first kappa shape index (κ1) is 15.0. The van der Waals surface area contributed by atoms with Gasteiger partial charge in [-0.05, 0) is 48.9 Å². The average molecular weight is 265 g/mol. The first-order valence-electron chi connectivity index (χ1n) is 6.48. The maximum Gasteiger partial charge on any atom is 0.122 e. The van der Waals surface area contributed by atoms with E-state index in [9.17, 15) is 0 Å². The molecule has 0 amide bonds. The highest BCUT2D eigenvalue weighted by Crippen LogP contribution is 2.29. The largest absolute Gasteiger partial charge is 0.493 e. The van der Waals surface area contributed by atoms with Gasteiger partial charge in [-0.3, -0.25) is 0 Å². The van der Waals surface area contributed by atoms with Crippen molar-refractivity contribution in [2.45, 2.75) is 46.5 Å². The Kier molecular flexibility index (Phi) is 5.60. The van der Waals surface area contributed by atoms with E-state index in [0.29, 0.717) is 10.9 Å². The van der Waals surface area contributed by atoms with Gasteiger partial charge in [0.05, 0.1) is 11.6 Å². The van der Waals surface area contributed by atoms with Crippen LogP contribution >= 0.6 is 12.2 Å². The summed E-state index contributed by atoms with van der Waals surface area (Å²) in [5.74, 6) is 1.35. The van der Waals surface area contributed by atoms with Crippen LogP contribution in [0.3, 0.4) is 0 Å². The molecule has 0 aliphatic heterocycles. The number of nitrogens with two attached hydrogens (primary N) is 1.